The number of carbonyl (C=O) groups is 1. The molecule has 0 radical (unpaired) electrons. The zero-order valence-corrected chi connectivity index (χ0v) is 15.4. The minimum Gasteiger partial charge on any atom is -0.353 e. The lowest BCUT2D eigenvalue weighted by Crippen LogP contribution is -2.46. The molecule has 0 aliphatic carbocycles. The Bertz CT molecular complexity index is 997. The first-order valence-electron chi connectivity index (χ1n) is 8.70. The summed E-state index contributed by atoms with van der Waals surface area (Å²) in [6, 6.07) is 6.28. The Labute approximate surface area is 161 Å². The van der Waals surface area contributed by atoms with Crippen molar-refractivity contribution in [3.8, 4) is 11.1 Å². The summed E-state index contributed by atoms with van der Waals surface area (Å²) < 4.78 is 15.4. The molecule has 4 rings (SSSR count). The Kier molecular flexibility index (Phi) is 4.72. The number of imidazole rings is 1. The van der Waals surface area contributed by atoms with Gasteiger partial charge in [-0.05, 0) is 29.8 Å². The third-order valence-electron chi connectivity index (χ3n) is 4.94. The number of nitrogens with zero attached hydrogens (tertiary/aromatic N) is 4. The van der Waals surface area contributed by atoms with E-state index in [0.717, 1.165) is 47.7 Å². The monoisotopic (exact) mass is 387 g/mol. The summed E-state index contributed by atoms with van der Waals surface area (Å²) in [5.74, 6) is 0.564. The molecule has 0 atom stereocenters. The van der Waals surface area contributed by atoms with Gasteiger partial charge < -0.3 is 15.5 Å². The topological polar surface area (TPSA) is 66.9 Å². The average molecular weight is 388 g/mol. The smallest absolute Gasteiger partial charge is 0.209 e. The minimum absolute atomic E-state index is 0.319. The first-order chi connectivity index (χ1) is 13.1. The Morgan fingerprint density at radius 1 is 1.19 bits per heavy atom. The number of fused-ring (bicyclic) bond motifs is 1. The predicted octanol–water partition coefficient (Wildman–Crippen LogP) is 2.53. The van der Waals surface area contributed by atoms with E-state index in [-0.39, 0.29) is 5.82 Å². The highest BCUT2D eigenvalue weighted by Crippen LogP contribution is 2.33. The molecule has 2 aromatic heterocycles. The van der Waals surface area contributed by atoms with Gasteiger partial charge in [-0.25, -0.2) is 9.37 Å². The van der Waals surface area contributed by atoms with Crippen molar-refractivity contribution in [3.05, 3.63) is 53.1 Å². The summed E-state index contributed by atoms with van der Waals surface area (Å²) in [5, 5.41) is 0.338. The standard InChI is InChI=1S/C19H19ClFN5O/c20-17-8-14(21)1-2-15(17)16-11-26-18(7-13(16)9-22)23-10-19(26)25-5-3-24(12-27)4-6-25/h1-2,7-8,10-12H,3-6,9,22H2. The van der Waals surface area contributed by atoms with Crippen LogP contribution in [-0.2, 0) is 11.3 Å². The molecule has 27 heavy (non-hydrogen) atoms. The van der Waals surface area contributed by atoms with Crippen LogP contribution in [0.3, 0.4) is 0 Å². The van der Waals surface area contributed by atoms with Crippen molar-refractivity contribution in [2.45, 2.75) is 6.54 Å². The van der Waals surface area contributed by atoms with Crippen molar-refractivity contribution in [1.29, 1.82) is 0 Å². The SMILES string of the molecule is NCc1cc2ncc(N3CCN(C=O)CC3)n2cc1-c1ccc(F)cc1Cl. The fourth-order valence-corrected chi connectivity index (χ4v) is 3.73. The number of benzene rings is 1. The number of anilines is 1. The van der Waals surface area contributed by atoms with E-state index < -0.39 is 0 Å². The molecule has 1 fully saturated rings. The number of aromatic nitrogens is 2. The van der Waals surface area contributed by atoms with Crippen molar-refractivity contribution in [1.82, 2.24) is 14.3 Å². The number of halogens is 2. The summed E-state index contributed by atoms with van der Waals surface area (Å²) in [6.07, 6.45) is 4.65. The second kappa shape index (κ2) is 7.17. The lowest BCUT2D eigenvalue weighted by molar-refractivity contribution is -0.118. The normalized spacial score (nSPS) is 14.8. The molecular weight excluding hydrogens is 369 g/mol. The van der Waals surface area contributed by atoms with Gasteiger partial charge in [-0.15, -0.1) is 0 Å². The molecule has 0 saturated carbocycles. The van der Waals surface area contributed by atoms with Gasteiger partial charge in [0, 0.05) is 50.0 Å². The van der Waals surface area contributed by atoms with E-state index in [4.69, 9.17) is 17.3 Å². The van der Waals surface area contributed by atoms with Crippen LogP contribution in [0.15, 0.2) is 36.7 Å². The van der Waals surface area contributed by atoms with Gasteiger partial charge in [-0.2, -0.15) is 0 Å². The van der Waals surface area contributed by atoms with Crippen LogP contribution in [0.1, 0.15) is 5.56 Å². The largest absolute Gasteiger partial charge is 0.353 e. The molecule has 2 N–H and O–H groups in total. The average Bonchev–Trinajstić information content (AvgIpc) is 3.10. The van der Waals surface area contributed by atoms with E-state index in [9.17, 15) is 9.18 Å². The van der Waals surface area contributed by atoms with E-state index in [1.807, 2.05) is 22.9 Å². The fraction of sp³-hybridized carbons (Fsp3) is 0.263. The Morgan fingerprint density at radius 2 is 1.96 bits per heavy atom. The quantitative estimate of drug-likeness (QED) is 0.698. The first kappa shape index (κ1) is 17.8. The molecule has 0 unspecified atom stereocenters. The fourth-order valence-electron chi connectivity index (χ4n) is 3.46. The number of carbonyl (C=O) groups excluding carboxylic acids is 1. The number of piperazine rings is 1. The van der Waals surface area contributed by atoms with Crippen LogP contribution < -0.4 is 10.6 Å². The van der Waals surface area contributed by atoms with Gasteiger partial charge >= 0.3 is 0 Å². The van der Waals surface area contributed by atoms with E-state index in [2.05, 4.69) is 9.88 Å². The van der Waals surface area contributed by atoms with E-state index in [1.165, 1.54) is 12.1 Å². The van der Waals surface area contributed by atoms with Gasteiger partial charge in [0.1, 0.15) is 17.3 Å². The van der Waals surface area contributed by atoms with E-state index >= 15 is 0 Å². The maximum Gasteiger partial charge on any atom is 0.209 e. The van der Waals surface area contributed by atoms with Crippen molar-refractivity contribution < 1.29 is 9.18 Å². The molecule has 3 heterocycles. The van der Waals surface area contributed by atoms with Gasteiger partial charge in [0.25, 0.3) is 0 Å². The maximum absolute atomic E-state index is 13.5. The number of nitrogens with two attached hydrogens (primary N) is 1. The number of hydrogen-bond acceptors (Lipinski definition) is 4. The molecule has 0 spiro atoms. The van der Waals surface area contributed by atoms with Crippen LogP contribution in [-0.4, -0.2) is 46.9 Å². The molecule has 1 aliphatic heterocycles. The van der Waals surface area contributed by atoms with Gasteiger partial charge in [0.15, 0.2) is 0 Å². The Balaban J connectivity index is 1.79. The molecule has 1 aliphatic rings. The van der Waals surface area contributed by atoms with Crippen LogP contribution in [0.25, 0.3) is 16.8 Å². The summed E-state index contributed by atoms with van der Waals surface area (Å²) in [7, 11) is 0. The van der Waals surface area contributed by atoms with Crippen molar-refractivity contribution >= 4 is 29.5 Å². The highest BCUT2D eigenvalue weighted by atomic mass is 35.5. The van der Waals surface area contributed by atoms with Gasteiger partial charge in [-0.1, -0.05) is 11.6 Å². The zero-order chi connectivity index (χ0) is 19.0. The Morgan fingerprint density at radius 3 is 2.63 bits per heavy atom. The van der Waals surface area contributed by atoms with E-state index in [0.29, 0.717) is 24.7 Å². The second-order valence-electron chi connectivity index (χ2n) is 6.51. The van der Waals surface area contributed by atoms with Crippen LogP contribution >= 0.6 is 11.6 Å². The number of amides is 1. The highest BCUT2D eigenvalue weighted by molar-refractivity contribution is 6.33. The van der Waals surface area contributed by atoms with Crippen LogP contribution in [0, 0.1) is 5.82 Å². The highest BCUT2D eigenvalue weighted by Gasteiger charge is 2.20. The molecule has 140 valence electrons. The van der Waals surface area contributed by atoms with Crippen molar-refractivity contribution in [2.24, 2.45) is 5.73 Å². The molecule has 1 amide bonds. The van der Waals surface area contributed by atoms with Crippen LogP contribution in [0.5, 0.6) is 0 Å². The summed E-state index contributed by atoms with van der Waals surface area (Å²) in [4.78, 5) is 19.4. The third-order valence-corrected chi connectivity index (χ3v) is 5.25. The molecule has 0 bridgehead atoms. The molecule has 1 aromatic carbocycles. The second-order valence-corrected chi connectivity index (χ2v) is 6.92. The zero-order valence-electron chi connectivity index (χ0n) is 14.6. The lowest BCUT2D eigenvalue weighted by atomic mass is 10.0. The van der Waals surface area contributed by atoms with Crippen molar-refractivity contribution in [2.75, 3.05) is 31.1 Å². The Hall–Kier alpha value is -2.64. The number of hydrogen-bond donors (Lipinski definition) is 1. The summed E-state index contributed by atoms with van der Waals surface area (Å²) in [5.41, 5.74) is 9.18. The first-order valence-corrected chi connectivity index (χ1v) is 9.08. The number of rotatable bonds is 4. The van der Waals surface area contributed by atoms with Crippen molar-refractivity contribution in [3.63, 3.8) is 0 Å². The molecule has 3 aromatic rings. The lowest BCUT2D eigenvalue weighted by Gasteiger charge is -2.33. The molecule has 8 heteroatoms. The maximum atomic E-state index is 13.5. The molecule has 1 saturated heterocycles. The predicted molar refractivity (Wildman–Crippen MR) is 103 cm³/mol. The van der Waals surface area contributed by atoms with Gasteiger partial charge in [-0.3, -0.25) is 9.20 Å². The van der Waals surface area contributed by atoms with E-state index in [1.54, 1.807) is 11.0 Å². The summed E-state index contributed by atoms with van der Waals surface area (Å²) in [6.45, 7) is 3.14. The van der Waals surface area contributed by atoms with Crippen LogP contribution in [0.2, 0.25) is 5.02 Å². The number of pyridine rings is 1. The minimum atomic E-state index is -0.379. The van der Waals surface area contributed by atoms with Gasteiger partial charge in [0.05, 0.1) is 11.2 Å². The molecular formula is C19H19ClFN5O. The summed E-state index contributed by atoms with van der Waals surface area (Å²) >= 11 is 6.28. The van der Waals surface area contributed by atoms with Gasteiger partial charge in [0.2, 0.25) is 6.41 Å². The third kappa shape index (κ3) is 3.24. The molecule has 6 nitrogen and oxygen atoms in total. The van der Waals surface area contributed by atoms with Crippen LogP contribution in [0.4, 0.5) is 10.2 Å².